The lowest BCUT2D eigenvalue weighted by molar-refractivity contribution is 0.102. The first-order valence-electron chi connectivity index (χ1n) is 9.26. The van der Waals surface area contributed by atoms with Crippen LogP contribution in [0.3, 0.4) is 0 Å². The molecule has 27 heavy (non-hydrogen) atoms. The number of aromatic nitrogens is 3. The molecule has 2 heterocycles. The average Bonchev–Trinajstić information content (AvgIpc) is 3.24. The average molecular weight is 360 g/mol. The smallest absolute Gasteiger partial charge is 0.258 e. The topological polar surface area (TPSA) is 51.9 Å². The molecule has 0 spiro atoms. The molecule has 0 saturated heterocycles. The zero-order chi connectivity index (χ0) is 19.2. The Hall–Kier alpha value is -3.08. The van der Waals surface area contributed by atoms with Crippen LogP contribution in [0.5, 0.6) is 0 Å². The Bertz CT molecular complexity index is 1140. The van der Waals surface area contributed by atoms with Gasteiger partial charge in [0.1, 0.15) is 0 Å². The number of fused-ring (bicyclic) bond motifs is 3. The number of hydrogen-bond donors (Lipinski definition) is 1. The summed E-state index contributed by atoms with van der Waals surface area (Å²) in [5, 5.41) is 9.66. The lowest BCUT2D eigenvalue weighted by Crippen LogP contribution is -2.22. The molecule has 5 heteroatoms. The number of nitrogens with zero attached hydrogens (tertiary/aromatic N) is 3. The number of carbonyl (C=O) groups is 1. The van der Waals surface area contributed by atoms with Gasteiger partial charge in [-0.15, -0.1) is 0 Å². The van der Waals surface area contributed by atoms with Crippen LogP contribution in [0.2, 0.25) is 0 Å². The van der Waals surface area contributed by atoms with Gasteiger partial charge in [0.05, 0.1) is 17.3 Å². The minimum Gasteiger partial charge on any atom is -0.341 e. The van der Waals surface area contributed by atoms with Gasteiger partial charge in [-0.3, -0.25) is 9.48 Å². The van der Waals surface area contributed by atoms with Crippen molar-refractivity contribution in [3.8, 4) is 0 Å². The van der Waals surface area contributed by atoms with Crippen LogP contribution >= 0.6 is 0 Å². The normalized spacial score (nSPS) is 12.0. The number of anilines is 1. The van der Waals surface area contributed by atoms with E-state index >= 15 is 0 Å². The van der Waals surface area contributed by atoms with Crippen LogP contribution < -0.4 is 5.32 Å². The van der Waals surface area contributed by atoms with Crippen molar-refractivity contribution in [3.05, 3.63) is 60.4 Å². The van der Waals surface area contributed by atoms with E-state index in [1.54, 1.807) is 17.1 Å². The highest BCUT2D eigenvalue weighted by Gasteiger charge is 2.17. The Kier molecular flexibility index (Phi) is 4.02. The van der Waals surface area contributed by atoms with E-state index in [-0.39, 0.29) is 11.4 Å². The number of para-hydroxylation sites is 1. The third kappa shape index (κ3) is 2.99. The van der Waals surface area contributed by atoms with Gasteiger partial charge < -0.3 is 9.88 Å². The van der Waals surface area contributed by atoms with Gasteiger partial charge in [-0.2, -0.15) is 5.10 Å². The van der Waals surface area contributed by atoms with Crippen molar-refractivity contribution >= 4 is 33.4 Å². The highest BCUT2D eigenvalue weighted by molar-refractivity contribution is 6.11. The Balaban J connectivity index is 1.69. The monoisotopic (exact) mass is 360 g/mol. The molecule has 0 unspecified atom stereocenters. The predicted molar refractivity (Wildman–Crippen MR) is 110 cm³/mol. The van der Waals surface area contributed by atoms with Crippen molar-refractivity contribution in [3.63, 3.8) is 0 Å². The summed E-state index contributed by atoms with van der Waals surface area (Å²) in [5.74, 6) is -0.149. The Morgan fingerprint density at radius 1 is 1.07 bits per heavy atom. The van der Waals surface area contributed by atoms with E-state index in [4.69, 9.17) is 0 Å². The maximum absolute atomic E-state index is 12.6. The number of amides is 1. The van der Waals surface area contributed by atoms with Gasteiger partial charge in [0.25, 0.3) is 5.91 Å². The van der Waals surface area contributed by atoms with E-state index in [9.17, 15) is 4.79 Å². The van der Waals surface area contributed by atoms with E-state index in [2.05, 4.69) is 73.0 Å². The van der Waals surface area contributed by atoms with Crippen molar-refractivity contribution in [2.45, 2.75) is 39.8 Å². The molecule has 2 aromatic heterocycles. The van der Waals surface area contributed by atoms with Crippen molar-refractivity contribution in [2.75, 3.05) is 5.32 Å². The van der Waals surface area contributed by atoms with Crippen LogP contribution in [0.1, 0.15) is 38.1 Å². The summed E-state index contributed by atoms with van der Waals surface area (Å²) < 4.78 is 4.10. The molecular weight excluding hydrogens is 336 g/mol. The van der Waals surface area contributed by atoms with Gasteiger partial charge in [0.15, 0.2) is 0 Å². The Morgan fingerprint density at radius 3 is 2.52 bits per heavy atom. The summed E-state index contributed by atoms with van der Waals surface area (Å²) in [6.45, 7) is 9.22. The van der Waals surface area contributed by atoms with Gasteiger partial charge in [-0.1, -0.05) is 18.2 Å². The third-order valence-electron chi connectivity index (χ3n) is 4.88. The summed E-state index contributed by atoms with van der Waals surface area (Å²) in [7, 11) is 0. The number of nitrogens with one attached hydrogen (secondary N) is 1. The van der Waals surface area contributed by atoms with E-state index in [0.717, 1.165) is 17.6 Å². The molecule has 0 aliphatic heterocycles. The lowest BCUT2D eigenvalue weighted by Gasteiger charge is -2.18. The van der Waals surface area contributed by atoms with Crippen LogP contribution in [-0.4, -0.2) is 20.3 Å². The number of aryl methyl sites for hydroxylation is 1. The summed E-state index contributed by atoms with van der Waals surface area (Å²) in [6.07, 6.45) is 3.40. The van der Waals surface area contributed by atoms with Crippen LogP contribution in [0.4, 0.5) is 5.69 Å². The highest BCUT2D eigenvalue weighted by Crippen LogP contribution is 2.31. The second-order valence-electron chi connectivity index (χ2n) is 7.79. The molecule has 138 valence electrons. The fraction of sp³-hybridized carbons (Fsp3) is 0.273. The fourth-order valence-electron chi connectivity index (χ4n) is 3.48. The van der Waals surface area contributed by atoms with Crippen LogP contribution in [0.25, 0.3) is 21.8 Å². The zero-order valence-electron chi connectivity index (χ0n) is 16.2. The van der Waals surface area contributed by atoms with Crippen molar-refractivity contribution in [1.82, 2.24) is 14.3 Å². The van der Waals surface area contributed by atoms with E-state index in [1.807, 2.05) is 12.1 Å². The van der Waals surface area contributed by atoms with Gasteiger partial charge in [-0.25, -0.2) is 0 Å². The Labute approximate surface area is 158 Å². The minimum absolute atomic E-state index is 0.149. The molecule has 0 bridgehead atoms. The summed E-state index contributed by atoms with van der Waals surface area (Å²) in [5.41, 5.74) is 3.58. The molecule has 0 aliphatic carbocycles. The molecule has 2 aromatic carbocycles. The molecule has 1 N–H and O–H groups in total. The van der Waals surface area contributed by atoms with E-state index < -0.39 is 0 Å². The fourth-order valence-corrected chi connectivity index (χ4v) is 3.48. The summed E-state index contributed by atoms with van der Waals surface area (Å²) >= 11 is 0. The molecule has 0 aliphatic rings. The predicted octanol–water partition coefficient (Wildman–Crippen LogP) is 5.02. The molecule has 0 atom stereocenters. The van der Waals surface area contributed by atoms with Crippen LogP contribution in [0, 0.1) is 0 Å². The molecular formula is C22H24N4O. The number of carbonyl (C=O) groups excluding carboxylic acids is 1. The second kappa shape index (κ2) is 6.27. The largest absolute Gasteiger partial charge is 0.341 e. The third-order valence-corrected chi connectivity index (χ3v) is 4.88. The van der Waals surface area contributed by atoms with Crippen molar-refractivity contribution in [2.24, 2.45) is 0 Å². The maximum Gasteiger partial charge on any atom is 0.258 e. The minimum atomic E-state index is -0.153. The molecule has 0 radical (unpaired) electrons. The van der Waals surface area contributed by atoms with Gasteiger partial charge >= 0.3 is 0 Å². The number of hydrogen-bond acceptors (Lipinski definition) is 2. The second-order valence-corrected chi connectivity index (χ2v) is 7.79. The standard InChI is InChI=1S/C22H24N4O/c1-5-25-19-9-7-6-8-17(19)18-12-16(10-11-20(18)25)24-21(27)15-13-23-26(14-15)22(2,3)4/h6-14H,5H2,1-4H3,(H,24,27). The SMILES string of the molecule is CCn1c2ccccc2c2cc(NC(=O)c3cnn(C(C)(C)C)c3)ccc21. The van der Waals surface area contributed by atoms with Gasteiger partial charge in [0, 0.05) is 40.2 Å². The van der Waals surface area contributed by atoms with E-state index in [1.165, 1.54) is 16.4 Å². The summed E-state index contributed by atoms with van der Waals surface area (Å²) in [4.78, 5) is 12.6. The first-order valence-corrected chi connectivity index (χ1v) is 9.26. The molecule has 1 amide bonds. The Morgan fingerprint density at radius 2 is 1.81 bits per heavy atom. The maximum atomic E-state index is 12.6. The van der Waals surface area contributed by atoms with Gasteiger partial charge in [0.2, 0.25) is 0 Å². The highest BCUT2D eigenvalue weighted by atomic mass is 16.1. The molecule has 4 rings (SSSR count). The van der Waals surface area contributed by atoms with Gasteiger partial charge in [-0.05, 0) is 52.0 Å². The molecule has 4 aromatic rings. The van der Waals surface area contributed by atoms with Crippen molar-refractivity contribution < 1.29 is 4.79 Å². The first kappa shape index (κ1) is 17.3. The first-order chi connectivity index (χ1) is 12.9. The quantitative estimate of drug-likeness (QED) is 0.558. The van der Waals surface area contributed by atoms with Crippen LogP contribution in [0.15, 0.2) is 54.9 Å². The zero-order valence-corrected chi connectivity index (χ0v) is 16.2. The lowest BCUT2D eigenvalue weighted by atomic mass is 10.1. The molecule has 0 fully saturated rings. The molecule has 5 nitrogen and oxygen atoms in total. The van der Waals surface area contributed by atoms with E-state index in [0.29, 0.717) is 5.56 Å². The summed E-state index contributed by atoms with van der Waals surface area (Å²) in [6, 6.07) is 14.5. The van der Waals surface area contributed by atoms with Crippen LogP contribution in [-0.2, 0) is 12.1 Å². The number of rotatable bonds is 3. The number of benzene rings is 2. The van der Waals surface area contributed by atoms with Crippen molar-refractivity contribution in [1.29, 1.82) is 0 Å². The molecule has 0 saturated carbocycles.